The van der Waals surface area contributed by atoms with Gasteiger partial charge in [-0.15, -0.1) is 0 Å². The fourth-order valence-electron chi connectivity index (χ4n) is 11.5. The highest BCUT2D eigenvalue weighted by molar-refractivity contribution is 5.68. The van der Waals surface area contributed by atoms with Gasteiger partial charge in [-0.1, -0.05) is 65.5 Å². The molecule has 57 heavy (non-hydrogen) atoms. The molecule has 13 nitrogen and oxygen atoms in total. The molecule has 0 spiro atoms. The Morgan fingerprint density at radius 2 is 1.44 bits per heavy atom. The number of carbonyl (C=O) groups excluding carboxylic acids is 5. The summed E-state index contributed by atoms with van der Waals surface area (Å²) in [4.78, 5) is 60.7. The van der Waals surface area contributed by atoms with Crippen molar-refractivity contribution < 1.29 is 61.9 Å². The van der Waals surface area contributed by atoms with Crippen LogP contribution in [0.4, 0.5) is 4.79 Å². The third-order valence-corrected chi connectivity index (χ3v) is 14.1. The fraction of sp³-hybridized carbons (Fsp3) is 0.841. The molecule has 1 saturated heterocycles. The van der Waals surface area contributed by atoms with Crippen molar-refractivity contribution in [2.24, 2.45) is 46.3 Å². The molecule has 1 heterocycles. The van der Waals surface area contributed by atoms with E-state index >= 15 is 0 Å². The van der Waals surface area contributed by atoms with Gasteiger partial charge in [-0.2, -0.15) is 0 Å². The second-order valence-electron chi connectivity index (χ2n) is 18.3. The molecule has 0 amide bonds. The fourth-order valence-corrected chi connectivity index (χ4v) is 11.5. The van der Waals surface area contributed by atoms with Crippen molar-refractivity contribution in [1.29, 1.82) is 0 Å². The van der Waals surface area contributed by atoms with Crippen LogP contribution < -0.4 is 0 Å². The summed E-state index contributed by atoms with van der Waals surface area (Å²) >= 11 is 0. The lowest BCUT2D eigenvalue weighted by molar-refractivity contribution is -0.309. The van der Waals surface area contributed by atoms with Crippen LogP contribution in [0, 0.1) is 46.3 Å². The van der Waals surface area contributed by atoms with Gasteiger partial charge in [-0.3, -0.25) is 19.2 Å². The van der Waals surface area contributed by atoms with Crippen molar-refractivity contribution in [2.45, 2.75) is 170 Å². The highest BCUT2D eigenvalue weighted by atomic mass is 16.8. The first kappa shape index (κ1) is 44.9. The summed E-state index contributed by atoms with van der Waals surface area (Å²) in [6.45, 7) is 16.1. The van der Waals surface area contributed by atoms with Crippen LogP contribution in [-0.4, -0.2) is 86.7 Å². The predicted molar refractivity (Wildman–Crippen MR) is 207 cm³/mol. The van der Waals surface area contributed by atoms with Crippen LogP contribution in [0.25, 0.3) is 0 Å². The molecule has 5 rings (SSSR count). The minimum Gasteiger partial charge on any atom is -0.463 e. The maximum absolute atomic E-state index is 12.9. The Balaban J connectivity index is 1.14. The zero-order valence-electron chi connectivity index (χ0n) is 35.7. The van der Waals surface area contributed by atoms with Gasteiger partial charge in [0.05, 0.1) is 6.61 Å². The van der Waals surface area contributed by atoms with Gasteiger partial charge >= 0.3 is 30.0 Å². The largest absolute Gasteiger partial charge is 0.508 e. The molecule has 10 unspecified atom stereocenters. The molecule has 0 N–H and O–H groups in total. The summed E-state index contributed by atoms with van der Waals surface area (Å²) in [7, 11) is 0. The van der Waals surface area contributed by atoms with Crippen molar-refractivity contribution in [1.82, 2.24) is 0 Å². The van der Waals surface area contributed by atoms with Crippen LogP contribution in [0.1, 0.15) is 133 Å². The van der Waals surface area contributed by atoms with E-state index in [-0.39, 0.29) is 31.3 Å². The number of rotatable bonds is 15. The van der Waals surface area contributed by atoms with Crippen molar-refractivity contribution >= 4 is 30.0 Å². The predicted octanol–water partition coefficient (Wildman–Crippen LogP) is 7.65. The monoisotopic (exact) mass is 804 g/mol. The minimum atomic E-state index is -1.37. The van der Waals surface area contributed by atoms with Crippen LogP contribution >= 0.6 is 0 Å². The molecule has 13 atom stereocenters. The molecular weight excluding hydrogens is 736 g/mol. The summed E-state index contributed by atoms with van der Waals surface area (Å²) in [6.07, 6.45) is 7.72. The Bertz CT molecular complexity index is 1480. The number of fused-ring (bicyclic) bond motifs is 5. The molecule has 0 aromatic rings. The van der Waals surface area contributed by atoms with E-state index in [0.29, 0.717) is 17.8 Å². The van der Waals surface area contributed by atoms with Gasteiger partial charge in [0.2, 0.25) is 0 Å². The first-order chi connectivity index (χ1) is 26.9. The number of hydrogen-bond donors (Lipinski definition) is 0. The van der Waals surface area contributed by atoms with Crippen molar-refractivity contribution in [3.63, 3.8) is 0 Å². The summed E-state index contributed by atoms with van der Waals surface area (Å²) in [6, 6.07) is 0. The topological polar surface area (TPSA) is 159 Å². The van der Waals surface area contributed by atoms with Crippen molar-refractivity contribution in [3.8, 4) is 0 Å². The summed E-state index contributed by atoms with van der Waals surface area (Å²) in [5.74, 6) is 1.68. The van der Waals surface area contributed by atoms with Gasteiger partial charge in [0.1, 0.15) is 25.4 Å². The quantitative estimate of drug-likeness (QED) is 0.0688. The maximum Gasteiger partial charge on any atom is 0.508 e. The standard InChI is InChI=1S/C44H68O13/c1-25(2)11-10-12-26(3)34-15-16-35-33-14-13-31-23-32(17-19-43(31,8)36(33)18-20-44(34,35)9)56-42(49)51-22-21-50-41-40(55-30(7)48)39(54-29(6)47)38(53-28(5)46)37(57-41)24-52-27(4)45/h13,25-26,32-41H,10-12,14-24H2,1-9H3/t26-,32?,33?,34?,35?,36?,37?,38-,39?,40-,41?,43?,44?/m1/s1. The first-order valence-corrected chi connectivity index (χ1v) is 21.4. The van der Waals surface area contributed by atoms with Crippen molar-refractivity contribution in [3.05, 3.63) is 11.6 Å². The number of esters is 4. The zero-order chi connectivity index (χ0) is 41.7. The zero-order valence-corrected chi connectivity index (χ0v) is 35.7. The summed E-state index contributed by atoms with van der Waals surface area (Å²) in [5.41, 5.74) is 1.97. The number of allylic oxidation sites excluding steroid dienone is 1. The van der Waals surface area contributed by atoms with E-state index in [0.717, 1.165) is 69.6 Å². The Labute approximate surface area is 338 Å². The number of hydrogen-bond acceptors (Lipinski definition) is 13. The smallest absolute Gasteiger partial charge is 0.463 e. The van der Waals surface area contributed by atoms with E-state index in [9.17, 15) is 24.0 Å². The highest BCUT2D eigenvalue weighted by Crippen LogP contribution is 2.67. The molecule has 3 saturated carbocycles. The molecule has 5 aliphatic rings. The molecule has 4 fully saturated rings. The van der Waals surface area contributed by atoms with Crippen LogP contribution in [-0.2, 0) is 57.1 Å². The Kier molecular flexibility index (Phi) is 15.2. The molecule has 322 valence electrons. The van der Waals surface area contributed by atoms with Crippen LogP contribution in [0.15, 0.2) is 11.6 Å². The second kappa shape index (κ2) is 19.3. The van der Waals surface area contributed by atoms with Crippen LogP contribution in [0.2, 0.25) is 0 Å². The summed E-state index contributed by atoms with van der Waals surface area (Å²) in [5, 5.41) is 0. The van der Waals surface area contributed by atoms with E-state index in [2.05, 4.69) is 40.7 Å². The van der Waals surface area contributed by atoms with Gasteiger partial charge in [0, 0.05) is 34.1 Å². The van der Waals surface area contributed by atoms with Crippen molar-refractivity contribution in [2.75, 3.05) is 19.8 Å². The molecular formula is C44H68O13. The lowest BCUT2D eigenvalue weighted by Crippen LogP contribution is -2.63. The van der Waals surface area contributed by atoms with E-state index in [1.807, 2.05) is 0 Å². The van der Waals surface area contributed by atoms with Crippen LogP contribution in [0.5, 0.6) is 0 Å². The van der Waals surface area contributed by atoms with Gasteiger partial charge in [0.15, 0.2) is 24.6 Å². The molecule has 0 aromatic heterocycles. The Morgan fingerprint density at radius 3 is 2.11 bits per heavy atom. The lowest BCUT2D eigenvalue weighted by Gasteiger charge is -2.58. The molecule has 13 heteroatoms. The molecule has 0 bridgehead atoms. The van der Waals surface area contributed by atoms with E-state index in [1.165, 1.54) is 57.4 Å². The average molecular weight is 805 g/mol. The van der Waals surface area contributed by atoms with Crippen LogP contribution in [0.3, 0.4) is 0 Å². The van der Waals surface area contributed by atoms with E-state index < -0.39 is 60.7 Å². The second-order valence-corrected chi connectivity index (χ2v) is 18.3. The molecule has 1 aliphatic heterocycles. The van der Waals surface area contributed by atoms with Gasteiger partial charge in [-0.25, -0.2) is 4.79 Å². The molecule has 4 aliphatic carbocycles. The average Bonchev–Trinajstić information content (AvgIpc) is 3.48. The Hall–Kier alpha value is -3.19. The number of ether oxygens (including phenoxy) is 8. The third-order valence-electron chi connectivity index (χ3n) is 14.1. The van der Waals surface area contributed by atoms with Gasteiger partial charge in [-0.05, 0) is 91.3 Å². The summed E-state index contributed by atoms with van der Waals surface area (Å²) < 4.78 is 44.4. The minimum absolute atomic E-state index is 0.118. The van der Waals surface area contributed by atoms with Gasteiger partial charge in [0.25, 0.3) is 0 Å². The highest BCUT2D eigenvalue weighted by Gasteiger charge is 2.59. The van der Waals surface area contributed by atoms with E-state index in [1.54, 1.807) is 0 Å². The normalized spacial score (nSPS) is 36.4. The number of carbonyl (C=O) groups is 5. The van der Waals surface area contributed by atoms with Gasteiger partial charge < -0.3 is 37.9 Å². The van der Waals surface area contributed by atoms with E-state index in [4.69, 9.17) is 37.9 Å². The third kappa shape index (κ3) is 10.7. The molecule has 0 radical (unpaired) electrons. The first-order valence-electron chi connectivity index (χ1n) is 21.4. The lowest BCUT2D eigenvalue weighted by atomic mass is 9.47. The Morgan fingerprint density at radius 1 is 0.754 bits per heavy atom. The molecule has 0 aromatic carbocycles. The maximum atomic E-state index is 12.9. The SMILES string of the molecule is CC(=O)OCC1OC(OCCOC(=O)OC2CCC3(C)C(=CCC4C3CCC3(C)C4CCC3[C@H](C)CCCC(C)C)C2)[C@H](OC(C)=O)C(OC(C)=O)[C@@H]1OC(C)=O.